The highest BCUT2D eigenvalue weighted by molar-refractivity contribution is 5.56. The smallest absolute Gasteiger partial charge is 0.151 e. The molecule has 0 aliphatic carbocycles. The van der Waals surface area contributed by atoms with Crippen LogP contribution in [0.1, 0.15) is 26.5 Å². The Morgan fingerprint density at radius 2 is 2.24 bits per heavy atom. The van der Waals surface area contributed by atoms with Gasteiger partial charge in [0, 0.05) is 25.7 Å². The van der Waals surface area contributed by atoms with Crippen LogP contribution in [0.25, 0.3) is 5.65 Å². The second kappa shape index (κ2) is 5.31. The van der Waals surface area contributed by atoms with Gasteiger partial charge in [0.05, 0.1) is 17.4 Å². The summed E-state index contributed by atoms with van der Waals surface area (Å²) in [4.78, 5) is 7.17. The summed E-state index contributed by atoms with van der Waals surface area (Å²) in [6.45, 7) is 8.72. The number of nitrogens with zero attached hydrogens (tertiary/aromatic N) is 3. The van der Waals surface area contributed by atoms with Crippen molar-refractivity contribution in [2.45, 2.75) is 38.9 Å². The normalized spacial score (nSPS) is 21.9. The lowest BCUT2D eigenvalue weighted by Crippen LogP contribution is -2.52. The van der Waals surface area contributed by atoms with Crippen LogP contribution in [0.3, 0.4) is 0 Å². The Morgan fingerprint density at radius 3 is 2.95 bits per heavy atom. The van der Waals surface area contributed by atoms with Gasteiger partial charge in [-0.25, -0.2) is 4.98 Å². The van der Waals surface area contributed by atoms with E-state index in [2.05, 4.69) is 36.3 Å². The summed E-state index contributed by atoms with van der Waals surface area (Å²) >= 11 is 0. The first-order chi connectivity index (χ1) is 10.00. The van der Waals surface area contributed by atoms with Gasteiger partial charge >= 0.3 is 0 Å². The molecule has 0 aromatic carbocycles. The third kappa shape index (κ3) is 2.76. The zero-order valence-electron chi connectivity index (χ0n) is 13.0. The molecular formula is C16H24N4O. The summed E-state index contributed by atoms with van der Waals surface area (Å²) < 4.78 is 8.15. The Bertz CT molecular complexity index is 634. The number of ether oxygens (including phenoxy) is 1. The minimum Gasteiger partial charge on any atom is -0.369 e. The Balaban J connectivity index is 2.04. The molecule has 0 bridgehead atoms. The van der Waals surface area contributed by atoms with Gasteiger partial charge in [-0.05, 0) is 39.4 Å². The molecule has 3 heterocycles. The molecule has 5 nitrogen and oxygen atoms in total. The first-order valence-corrected chi connectivity index (χ1v) is 7.59. The number of fused-ring (bicyclic) bond motifs is 1. The zero-order valence-corrected chi connectivity index (χ0v) is 13.0. The van der Waals surface area contributed by atoms with Gasteiger partial charge in [-0.3, -0.25) is 0 Å². The van der Waals surface area contributed by atoms with E-state index in [1.807, 2.05) is 18.2 Å². The average molecular weight is 288 g/mol. The van der Waals surface area contributed by atoms with Crippen LogP contribution in [0.5, 0.6) is 0 Å². The molecule has 1 aliphatic heterocycles. The van der Waals surface area contributed by atoms with E-state index in [9.17, 15) is 0 Å². The molecular weight excluding hydrogens is 264 g/mol. The minimum atomic E-state index is -0.159. The van der Waals surface area contributed by atoms with E-state index >= 15 is 0 Å². The van der Waals surface area contributed by atoms with Crippen molar-refractivity contribution in [1.82, 2.24) is 9.38 Å². The Morgan fingerprint density at radius 1 is 1.43 bits per heavy atom. The number of hydrogen-bond acceptors (Lipinski definition) is 4. The summed E-state index contributed by atoms with van der Waals surface area (Å²) in [5.41, 5.74) is 7.82. The maximum atomic E-state index is 6.00. The average Bonchev–Trinajstić information content (AvgIpc) is 2.76. The standard InChI is InChI=1S/C16H24N4O/c1-12-10-19(11-16(2,3)21-12)15-13(7-8-17)20-9-5-4-6-14(20)18-15/h4-6,9,12H,7-8,10-11,17H2,1-3H3. The number of pyridine rings is 1. The van der Waals surface area contributed by atoms with Gasteiger partial charge in [0.1, 0.15) is 5.65 Å². The molecule has 114 valence electrons. The van der Waals surface area contributed by atoms with Crippen molar-refractivity contribution < 1.29 is 4.74 Å². The van der Waals surface area contributed by atoms with Gasteiger partial charge in [0.15, 0.2) is 5.82 Å². The molecule has 2 aromatic rings. The van der Waals surface area contributed by atoms with Crippen molar-refractivity contribution >= 4 is 11.5 Å². The summed E-state index contributed by atoms with van der Waals surface area (Å²) in [5, 5.41) is 0. The molecule has 0 saturated carbocycles. The van der Waals surface area contributed by atoms with E-state index in [0.29, 0.717) is 6.54 Å². The first-order valence-electron chi connectivity index (χ1n) is 7.59. The molecule has 1 fully saturated rings. The number of hydrogen-bond donors (Lipinski definition) is 1. The molecule has 1 atom stereocenters. The quantitative estimate of drug-likeness (QED) is 0.936. The van der Waals surface area contributed by atoms with Crippen LogP contribution in [0.2, 0.25) is 0 Å². The summed E-state index contributed by atoms with van der Waals surface area (Å²) in [5.74, 6) is 1.05. The summed E-state index contributed by atoms with van der Waals surface area (Å²) in [6.07, 6.45) is 3.09. The highest BCUT2D eigenvalue weighted by Crippen LogP contribution is 2.29. The van der Waals surface area contributed by atoms with Crippen LogP contribution in [0.15, 0.2) is 24.4 Å². The second-order valence-electron chi connectivity index (χ2n) is 6.42. The van der Waals surface area contributed by atoms with Crippen LogP contribution in [-0.4, -0.2) is 40.7 Å². The molecule has 1 aliphatic rings. The molecule has 0 spiro atoms. The Hall–Kier alpha value is -1.59. The Kier molecular flexibility index (Phi) is 3.63. The predicted molar refractivity (Wildman–Crippen MR) is 84.8 cm³/mol. The fourth-order valence-corrected chi connectivity index (χ4v) is 3.27. The molecule has 0 amide bonds. The summed E-state index contributed by atoms with van der Waals surface area (Å²) in [7, 11) is 0. The van der Waals surface area contributed by atoms with Crippen LogP contribution in [0.4, 0.5) is 5.82 Å². The molecule has 2 N–H and O–H groups in total. The zero-order chi connectivity index (χ0) is 15.0. The van der Waals surface area contributed by atoms with Crippen molar-refractivity contribution in [3.63, 3.8) is 0 Å². The highest BCUT2D eigenvalue weighted by Gasteiger charge is 2.33. The van der Waals surface area contributed by atoms with E-state index in [4.69, 9.17) is 15.5 Å². The number of morpholine rings is 1. The van der Waals surface area contributed by atoms with Crippen molar-refractivity contribution in [2.75, 3.05) is 24.5 Å². The molecule has 21 heavy (non-hydrogen) atoms. The van der Waals surface area contributed by atoms with Crippen molar-refractivity contribution in [3.05, 3.63) is 30.1 Å². The van der Waals surface area contributed by atoms with Crippen molar-refractivity contribution in [2.24, 2.45) is 5.73 Å². The van der Waals surface area contributed by atoms with Crippen molar-refractivity contribution in [3.8, 4) is 0 Å². The molecule has 2 aromatic heterocycles. The molecule has 1 saturated heterocycles. The fourth-order valence-electron chi connectivity index (χ4n) is 3.27. The molecule has 1 unspecified atom stereocenters. The first kappa shape index (κ1) is 14.4. The number of imidazole rings is 1. The SMILES string of the molecule is CC1CN(c2nc3ccccn3c2CCN)CC(C)(C)O1. The third-order valence-corrected chi connectivity index (χ3v) is 3.86. The number of rotatable bonds is 3. The summed E-state index contributed by atoms with van der Waals surface area (Å²) in [6, 6.07) is 6.09. The van der Waals surface area contributed by atoms with Gasteiger partial charge in [-0.1, -0.05) is 6.07 Å². The van der Waals surface area contributed by atoms with Gasteiger partial charge in [-0.15, -0.1) is 0 Å². The van der Waals surface area contributed by atoms with Gasteiger partial charge < -0.3 is 19.8 Å². The van der Waals surface area contributed by atoms with Crippen LogP contribution < -0.4 is 10.6 Å². The van der Waals surface area contributed by atoms with Crippen LogP contribution in [0, 0.1) is 0 Å². The van der Waals surface area contributed by atoms with Crippen LogP contribution in [-0.2, 0) is 11.2 Å². The lowest BCUT2D eigenvalue weighted by molar-refractivity contribution is -0.0751. The number of nitrogens with two attached hydrogens (primary N) is 1. The topological polar surface area (TPSA) is 55.8 Å². The molecule has 5 heteroatoms. The largest absolute Gasteiger partial charge is 0.369 e. The maximum Gasteiger partial charge on any atom is 0.151 e. The van der Waals surface area contributed by atoms with Gasteiger partial charge in [0.25, 0.3) is 0 Å². The maximum absolute atomic E-state index is 6.00. The van der Waals surface area contributed by atoms with E-state index in [0.717, 1.165) is 31.0 Å². The van der Waals surface area contributed by atoms with Crippen molar-refractivity contribution in [1.29, 1.82) is 0 Å². The Labute approximate surface area is 125 Å². The third-order valence-electron chi connectivity index (χ3n) is 3.86. The lowest BCUT2D eigenvalue weighted by atomic mass is 10.1. The fraction of sp³-hybridized carbons (Fsp3) is 0.562. The predicted octanol–water partition coefficient (Wildman–Crippen LogP) is 1.84. The van der Waals surface area contributed by atoms with E-state index in [-0.39, 0.29) is 11.7 Å². The van der Waals surface area contributed by atoms with E-state index < -0.39 is 0 Å². The van der Waals surface area contributed by atoms with Gasteiger partial charge in [-0.2, -0.15) is 0 Å². The second-order valence-corrected chi connectivity index (χ2v) is 6.42. The monoisotopic (exact) mass is 288 g/mol. The molecule has 0 radical (unpaired) electrons. The van der Waals surface area contributed by atoms with Crippen LogP contribution >= 0.6 is 0 Å². The minimum absolute atomic E-state index is 0.159. The lowest BCUT2D eigenvalue weighted by Gasteiger charge is -2.42. The highest BCUT2D eigenvalue weighted by atomic mass is 16.5. The molecule has 3 rings (SSSR count). The number of anilines is 1. The van der Waals surface area contributed by atoms with Gasteiger partial charge in [0.2, 0.25) is 0 Å². The number of aromatic nitrogens is 2. The van der Waals surface area contributed by atoms with E-state index in [1.165, 1.54) is 5.69 Å². The van der Waals surface area contributed by atoms with E-state index in [1.54, 1.807) is 0 Å².